The molecule has 0 N–H and O–H groups in total. The summed E-state index contributed by atoms with van der Waals surface area (Å²) in [6.45, 7) is 5.29. The minimum Gasteiger partial charge on any atom is -0.463 e. The number of pyridine rings is 1. The minimum atomic E-state index is -1.33. The Morgan fingerprint density at radius 3 is 2.19 bits per heavy atom. The first-order valence-electron chi connectivity index (χ1n) is 11.7. The second kappa shape index (κ2) is 12.1. The molecule has 36 heavy (non-hydrogen) atoms. The fourth-order valence-corrected chi connectivity index (χ4v) is 4.45. The summed E-state index contributed by atoms with van der Waals surface area (Å²) in [6.07, 6.45) is -2.84. The van der Waals surface area contributed by atoms with Crippen molar-refractivity contribution in [1.82, 2.24) is 9.88 Å². The monoisotopic (exact) mass is 508 g/mol. The van der Waals surface area contributed by atoms with E-state index in [1.54, 1.807) is 12.3 Å². The third-order valence-electron chi connectivity index (χ3n) is 5.86. The van der Waals surface area contributed by atoms with Gasteiger partial charge in [0.25, 0.3) is 0 Å². The Kier molecular flexibility index (Phi) is 9.21. The second-order valence-electron chi connectivity index (χ2n) is 8.72. The number of nitrogens with zero attached hydrogens (tertiary/aromatic N) is 2. The van der Waals surface area contributed by atoms with Gasteiger partial charge in [-0.25, -0.2) is 4.98 Å². The Morgan fingerprint density at radius 2 is 1.61 bits per heavy atom. The Balaban J connectivity index is 2.00. The zero-order chi connectivity index (χ0) is 26.4. The fourth-order valence-electron chi connectivity index (χ4n) is 4.45. The number of rotatable bonds is 8. The first-order chi connectivity index (χ1) is 17.1. The maximum atomic E-state index is 12.0. The predicted molar refractivity (Wildman–Crippen MR) is 121 cm³/mol. The summed E-state index contributed by atoms with van der Waals surface area (Å²) in [5.74, 6) is -2.47. The molecule has 3 heterocycles. The molecule has 0 spiro atoms. The van der Waals surface area contributed by atoms with Crippen LogP contribution in [0.25, 0.3) is 0 Å². The predicted octanol–water partition coefficient (Wildman–Crippen LogP) is 1.31. The highest BCUT2D eigenvalue weighted by Crippen LogP contribution is 2.37. The maximum Gasteiger partial charge on any atom is 0.303 e. The molecule has 0 unspecified atom stereocenters. The average Bonchev–Trinajstić information content (AvgIpc) is 3.21. The third-order valence-corrected chi connectivity index (χ3v) is 5.86. The molecule has 2 aliphatic heterocycles. The van der Waals surface area contributed by atoms with Gasteiger partial charge in [-0.2, -0.15) is 0 Å². The van der Waals surface area contributed by atoms with Gasteiger partial charge in [-0.1, -0.05) is 6.07 Å². The molecule has 3 rings (SSSR count). The van der Waals surface area contributed by atoms with Crippen molar-refractivity contribution < 1.29 is 47.6 Å². The van der Waals surface area contributed by atoms with Crippen molar-refractivity contribution in [3.8, 4) is 5.88 Å². The Morgan fingerprint density at radius 1 is 0.972 bits per heavy atom. The second-order valence-corrected chi connectivity index (χ2v) is 8.72. The van der Waals surface area contributed by atoms with Crippen molar-refractivity contribution in [3.05, 3.63) is 23.9 Å². The van der Waals surface area contributed by atoms with Gasteiger partial charge in [-0.15, -0.1) is 0 Å². The quantitative estimate of drug-likeness (QED) is 0.369. The minimum absolute atomic E-state index is 0.0550. The van der Waals surface area contributed by atoms with E-state index in [1.807, 2.05) is 13.1 Å². The van der Waals surface area contributed by atoms with Crippen molar-refractivity contribution in [2.75, 3.05) is 20.2 Å². The number of ether oxygens (including phenoxy) is 6. The fraction of sp³-hybridized carbons (Fsp3) is 0.625. The molecule has 198 valence electrons. The van der Waals surface area contributed by atoms with Crippen LogP contribution in [0.4, 0.5) is 0 Å². The molecule has 0 bridgehead atoms. The lowest BCUT2D eigenvalue weighted by molar-refractivity contribution is -0.289. The van der Waals surface area contributed by atoms with Crippen LogP contribution in [0.2, 0.25) is 0 Å². The van der Waals surface area contributed by atoms with Crippen molar-refractivity contribution in [1.29, 1.82) is 0 Å². The van der Waals surface area contributed by atoms with Crippen molar-refractivity contribution in [2.24, 2.45) is 0 Å². The molecular formula is C24H32N2O10. The molecule has 0 radical (unpaired) electrons. The first kappa shape index (κ1) is 27.3. The average molecular weight is 509 g/mol. The zero-order valence-corrected chi connectivity index (χ0v) is 21.0. The summed E-state index contributed by atoms with van der Waals surface area (Å²) in [6, 6.07) is 3.74. The van der Waals surface area contributed by atoms with Gasteiger partial charge in [0.05, 0.1) is 0 Å². The number of carbonyl (C=O) groups excluding carboxylic acids is 4. The number of hydrogen-bond donors (Lipinski definition) is 0. The Bertz CT molecular complexity index is 970. The molecule has 0 saturated carbocycles. The van der Waals surface area contributed by atoms with Crippen LogP contribution in [0.1, 0.15) is 52.1 Å². The van der Waals surface area contributed by atoms with Gasteiger partial charge in [0.15, 0.2) is 12.2 Å². The molecule has 1 aromatic heterocycles. The van der Waals surface area contributed by atoms with Crippen molar-refractivity contribution >= 4 is 23.9 Å². The number of esters is 4. The summed E-state index contributed by atoms with van der Waals surface area (Å²) >= 11 is 0. The smallest absolute Gasteiger partial charge is 0.303 e. The summed E-state index contributed by atoms with van der Waals surface area (Å²) in [5, 5.41) is 0. The molecule has 0 aliphatic carbocycles. The topological polar surface area (TPSA) is 140 Å². The standard InChI is InChI=1S/C24H32N2O10/c1-13(27)31-12-19-20(32-14(2)28)21(33-15(3)29)22(34-16(4)30)24(35-19)36-23-17(8-6-10-25-23)18-9-7-11-26(18)5/h6,8,10,18-22,24H,7,9,11-12H2,1-5H3/t18-,19+,20+,21-,22+,24-/m0/s1. The van der Waals surface area contributed by atoms with Gasteiger partial charge < -0.3 is 28.4 Å². The van der Waals surface area contributed by atoms with Crippen LogP contribution in [0.15, 0.2) is 18.3 Å². The van der Waals surface area contributed by atoms with E-state index in [0.717, 1.165) is 38.8 Å². The molecule has 2 aliphatic rings. The van der Waals surface area contributed by atoms with Crippen molar-refractivity contribution in [3.63, 3.8) is 0 Å². The SMILES string of the molecule is CC(=O)OC[C@H]1O[C@@H](Oc2ncccc2[C@@H]2CCCN2C)[C@H](OC(C)=O)[C@@H](OC(C)=O)[C@@H]1OC(C)=O. The normalized spacial score (nSPS) is 28.1. The molecule has 2 fully saturated rings. The van der Waals surface area contributed by atoms with E-state index in [-0.39, 0.29) is 18.5 Å². The molecule has 12 heteroatoms. The van der Waals surface area contributed by atoms with E-state index in [0.29, 0.717) is 0 Å². The van der Waals surface area contributed by atoms with Crippen LogP contribution in [0, 0.1) is 0 Å². The van der Waals surface area contributed by atoms with Gasteiger partial charge >= 0.3 is 23.9 Å². The van der Waals surface area contributed by atoms with Crippen LogP contribution in [0.3, 0.4) is 0 Å². The van der Waals surface area contributed by atoms with E-state index >= 15 is 0 Å². The Labute approximate surface area is 209 Å². The van der Waals surface area contributed by atoms with E-state index in [4.69, 9.17) is 28.4 Å². The lowest BCUT2D eigenvalue weighted by Crippen LogP contribution is -2.63. The highest BCUT2D eigenvalue weighted by molar-refractivity contribution is 5.68. The third kappa shape index (κ3) is 6.91. The number of hydrogen-bond acceptors (Lipinski definition) is 12. The van der Waals surface area contributed by atoms with Crippen LogP contribution < -0.4 is 4.74 Å². The molecule has 2 saturated heterocycles. The summed E-state index contributed by atoms with van der Waals surface area (Å²) in [7, 11) is 2.00. The van der Waals surface area contributed by atoms with Crippen molar-refractivity contribution in [2.45, 2.75) is 77.3 Å². The van der Waals surface area contributed by atoms with Gasteiger partial charge in [-0.05, 0) is 32.5 Å². The number of aromatic nitrogens is 1. The van der Waals surface area contributed by atoms with Crippen LogP contribution in [0.5, 0.6) is 5.88 Å². The Hall–Kier alpha value is -3.25. The highest BCUT2D eigenvalue weighted by Gasteiger charge is 2.53. The summed E-state index contributed by atoms with van der Waals surface area (Å²) in [5.41, 5.74) is 0.811. The zero-order valence-electron chi connectivity index (χ0n) is 21.0. The van der Waals surface area contributed by atoms with Gasteiger partial charge in [0, 0.05) is 45.5 Å². The van der Waals surface area contributed by atoms with E-state index < -0.39 is 54.6 Å². The first-order valence-corrected chi connectivity index (χ1v) is 11.7. The van der Waals surface area contributed by atoms with E-state index in [1.165, 1.54) is 13.8 Å². The van der Waals surface area contributed by atoms with Gasteiger partial charge in [-0.3, -0.25) is 24.1 Å². The molecular weight excluding hydrogens is 476 g/mol. The van der Waals surface area contributed by atoms with E-state index in [9.17, 15) is 19.2 Å². The van der Waals surface area contributed by atoms with Gasteiger partial charge in [0.2, 0.25) is 18.3 Å². The van der Waals surface area contributed by atoms with E-state index in [2.05, 4.69) is 9.88 Å². The molecule has 0 aromatic carbocycles. The molecule has 1 aromatic rings. The summed E-state index contributed by atoms with van der Waals surface area (Å²) < 4.78 is 33.6. The molecule has 0 amide bonds. The van der Waals surface area contributed by atoms with Crippen LogP contribution in [-0.4, -0.2) is 84.7 Å². The highest BCUT2D eigenvalue weighted by atomic mass is 16.7. The lowest BCUT2D eigenvalue weighted by atomic mass is 9.98. The number of likely N-dealkylation sites (tertiary alicyclic amines) is 1. The van der Waals surface area contributed by atoms with Gasteiger partial charge in [0.1, 0.15) is 12.7 Å². The number of carbonyl (C=O) groups is 4. The van der Waals surface area contributed by atoms with Crippen LogP contribution in [-0.2, 0) is 42.9 Å². The largest absolute Gasteiger partial charge is 0.463 e. The summed E-state index contributed by atoms with van der Waals surface area (Å²) in [4.78, 5) is 53.9. The molecule has 12 nitrogen and oxygen atoms in total. The lowest BCUT2D eigenvalue weighted by Gasteiger charge is -2.43. The van der Waals surface area contributed by atoms with Crippen LogP contribution >= 0.6 is 0 Å². The maximum absolute atomic E-state index is 12.0. The molecule has 6 atom stereocenters.